The van der Waals surface area contributed by atoms with Crippen molar-refractivity contribution in [3.05, 3.63) is 29.8 Å². The van der Waals surface area contributed by atoms with Gasteiger partial charge in [-0.1, -0.05) is 31.9 Å². The lowest BCUT2D eigenvalue weighted by molar-refractivity contribution is -0.122. The zero-order chi connectivity index (χ0) is 12.7. The number of primary amides is 1. The molecule has 0 aliphatic rings. The van der Waals surface area contributed by atoms with Gasteiger partial charge >= 0.3 is 0 Å². The summed E-state index contributed by atoms with van der Waals surface area (Å²) in [6.07, 6.45) is 4.63. The van der Waals surface area contributed by atoms with Crippen LogP contribution in [0.25, 0.3) is 0 Å². The number of carbonyl (C=O) groups is 1. The first-order chi connectivity index (χ1) is 8.13. The molecule has 3 heteroatoms. The molecule has 0 bridgehead atoms. The van der Waals surface area contributed by atoms with Crippen LogP contribution in [0.5, 0.6) is 5.75 Å². The number of hydrogen-bond donors (Lipinski definition) is 2. The molecule has 1 amide bonds. The van der Waals surface area contributed by atoms with E-state index in [2.05, 4.69) is 6.92 Å². The van der Waals surface area contributed by atoms with Crippen molar-refractivity contribution in [1.29, 1.82) is 0 Å². The Bertz CT molecular complexity index is 346. The Morgan fingerprint density at radius 1 is 1.29 bits per heavy atom. The first-order valence-electron chi connectivity index (χ1n) is 6.20. The number of nitrogens with two attached hydrogens (primary N) is 1. The first kappa shape index (κ1) is 13.6. The molecule has 0 spiro atoms. The van der Waals surface area contributed by atoms with Gasteiger partial charge in [-0.3, -0.25) is 4.79 Å². The van der Waals surface area contributed by atoms with Crippen molar-refractivity contribution in [1.82, 2.24) is 0 Å². The average Bonchev–Trinajstić information content (AvgIpc) is 2.31. The van der Waals surface area contributed by atoms with E-state index in [4.69, 9.17) is 10.8 Å². The van der Waals surface area contributed by atoms with E-state index in [1.807, 2.05) is 12.1 Å². The highest BCUT2D eigenvalue weighted by molar-refractivity contribution is 5.76. The maximum Gasteiger partial charge on any atom is 0.220 e. The van der Waals surface area contributed by atoms with Gasteiger partial charge in [0, 0.05) is 5.92 Å². The van der Waals surface area contributed by atoms with Crippen LogP contribution in [0, 0.1) is 5.92 Å². The Morgan fingerprint density at radius 3 is 2.47 bits per heavy atom. The van der Waals surface area contributed by atoms with Crippen LogP contribution in [0.15, 0.2) is 24.3 Å². The van der Waals surface area contributed by atoms with Crippen LogP contribution in [0.3, 0.4) is 0 Å². The summed E-state index contributed by atoms with van der Waals surface area (Å²) < 4.78 is 0. The van der Waals surface area contributed by atoms with E-state index in [9.17, 15) is 4.79 Å². The topological polar surface area (TPSA) is 63.3 Å². The molecule has 94 valence electrons. The number of benzene rings is 1. The van der Waals surface area contributed by atoms with Crippen molar-refractivity contribution in [3.8, 4) is 5.75 Å². The van der Waals surface area contributed by atoms with Crippen molar-refractivity contribution in [2.24, 2.45) is 11.7 Å². The van der Waals surface area contributed by atoms with Gasteiger partial charge in [0.25, 0.3) is 0 Å². The summed E-state index contributed by atoms with van der Waals surface area (Å²) in [5, 5.41) is 9.16. The van der Waals surface area contributed by atoms with Crippen LogP contribution in [0.4, 0.5) is 0 Å². The van der Waals surface area contributed by atoms with Crippen LogP contribution in [-0.4, -0.2) is 11.0 Å². The quantitative estimate of drug-likeness (QED) is 0.763. The van der Waals surface area contributed by atoms with Crippen LogP contribution in [-0.2, 0) is 11.2 Å². The number of aromatic hydroxyl groups is 1. The predicted molar refractivity (Wildman–Crippen MR) is 68.6 cm³/mol. The van der Waals surface area contributed by atoms with Gasteiger partial charge in [-0.15, -0.1) is 0 Å². The van der Waals surface area contributed by atoms with Gasteiger partial charge in [-0.2, -0.15) is 0 Å². The minimum Gasteiger partial charge on any atom is -0.508 e. The van der Waals surface area contributed by atoms with Gasteiger partial charge in [0.15, 0.2) is 0 Å². The third-order valence-corrected chi connectivity index (χ3v) is 3.03. The second-order valence-corrected chi connectivity index (χ2v) is 4.45. The number of hydrogen-bond acceptors (Lipinski definition) is 2. The SMILES string of the molecule is CCCCC(CCc1ccc(O)cc1)C(N)=O. The standard InChI is InChI=1S/C14H21NO2/c1-2-3-4-12(14(15)17)8-5-11-6-9-13(16)10-7-11/h6-7,9-10,12,16H,2-5,8H2,1H3,(H2,15,17). The van der Waals surface area contributed by atoms with Gasteiger partial charge in [-0.25, -0.2) is 0 Å². The Balaban J connectivity index is 2.45. The Kier molecular flexibility index (Phi) is 5.53. The lowest BCUT2D eigenvalue weighted by atomic mass is 9.94. The fourth-order valence-electron chi connectivity index (χ4n) is 1.88. The van der Waals surface area contributed by atoms with Gasteiger partial charge in [-0.05, 0) is 37.0 Å². The second-order valence-electron chi connectivity index (χ2n) is 4.45. The molecular weight excluding hydrogens is 214 g/mol. The number of rotatable bonds is 7. The number of phenols is 1. The molecule has 0 radical (unpaired) electrons. The molecule has 1 aromatic carbocycles. The number of carbonyl (C=O) groups excluding carboxylic acids is 1. The highest BCUT2D eigenvalue weighted by Crippen LogP contribution is 2.17. The Hall–Kier alpha value is -1.51. The monoisotopic (exact) mass is 235 g/mol. The number of amides is 1. The third kappa shape index (κ3) is 4.89. The predicted octanol–water partition coefficient (Wildman–Crippen LogP) is 2.62. The largest absolute Gasteiger partial charge is 0.508 e. The minimum atomic E-state index is -0.197. The minimum absolute atomic E-state index is 0.0243. The van der Waals surface area contributed by atoms with Gasteiger partial charge in [0.2, 0.25) is 5.91 Å². The van der Waals surface area contributed by atoms with Gasteiger partial charge in [0.05, 0.1) is 0 Å². The average molecular weight is 235 g/mol. The molecule has 1 aromatic rings. The summed E-state index contributed by atoms with van der Waals surface area (Å²) in [7, 11) is 0. The maximum atomic E-state index is 11.3. The maximum absolute atomic E-state index is 11.3. The lowest BCUT2D eigenvalue weighted by Crippen LogP contribution is -2.23. The summed E-state index contributed by atoms with van der Waals surface area (Å²) in [4.78, 5) is 11.3. The summed E-state index contributed by atoms with van der Waals surface area (Å²) >= 11 is 0. The molecule has 1 unspecified atom stereocenters. The van der Waals surface area contributed by atoms with E-state index >= 15 is 0 Å². The summed E-state index contributed by atoms with van der Waals surface area (Å²) in [6, 6.07) is 7.10. The zero-order valence-electron chi connectivity index (χ0n) is 10.4. The number of phenolic OH excluding ortho intramolecular Hbond substituents is 1. The van der Waals surface area contributed by atoms with E-state index < -0.39 is 0 Å². The molecular formula is C14H21NO2. The van der Waals surface area contributed by atoms with Crippen LogP contribution in [0.2, 0.25) is 0 Å². The molecule has 0 fully saturated rings. The third-order valence-electron chi connectivity index (χ3n) is 3.03. The second kappa shape index (κ2) is 6.94. The molecule has 17 heavy (non-hydrogen) atoms. The van der Waals surface area contributed by atoms with Crippen LogP contribution >= 0.6 is 0 Å². The fourth-order valence-corrected chi connectivity index (χ4v) is 1.88. The number of unbranched alkanes of at least 4 members (excludes halogenated alkanes) is 1. The fraction of sp³-hybridized carbons (Fsp3) is 0.500. The first-order valence-corrected chi connectivity index (χ1v) is 6.20. The molecule has 1 rings (SSSR count). The summed E-state index contributed by atoms with van der Waals surface area (Å²) in [5.74, 6) is 0.0483. The molecule has 0 aliphatic heterocycles. The molecule has 3 nitrogen and oxygen atoms in total. The normalized spacial score (nSPS) is 12.3. The van der Waals surface area contributed by atoms with Crippen molar-refractivity contribution in [2.75, 3.05) is 0 Å². The van der Waals surface area contributed by atoms with Crippen molar-refractivity contribution >= 4 is 5.91 Å². The highest BCUT2D eigenvalue weighted by Gasteiger charge is 2.14. The lowest BCUT2D eigenvalue weighted by Gasteiger charge is -2.12. The summed E-state index contributed by atoms with van der Waals surface area (Å²) in [5.41, 5.74) is 6.52. The van der Waals surface area contributed by atoms with Crippen LogP contribution in [0.1, 0.15) is 38.2 Å². The molecule has 0 aromatic heterocycles. The van der Waals surface area contributed by atoms with Crippen molar-refractivity contribution < 1.29 is 9.90 Å². The Labute approximate surface area is 103 Å². The molecule has 0 aliphatic carbocycles. The van der Waals surface area contributed by atoms with E-state index in [1.54, 1.807) is 12.1 Å². The smallest absolute Gasteiger partial charge is 0.220 e. The van der Waals surface area contributed by atoms with Crippen molar-refractivity contribution in [2.45, 2.75) is 39.0 Å². The number of aryl methyl sites for hydroxylation is 1. The van der Waals surface area contributed by atoms with Crippen LogP contribution < -0.4 is 5.73 Å². The van der Waals surface area contributed by atoms with Crippen molar-refractivity contribution in [3.63, 3.8) is 0 Å². The molecule has 0 heterocycles. The molecule has 3 N–H and O–H groups in total. The highest BCUT2D eigenvalue weighted by atomic mass is 16.3. The van der Waals surface area contributed by atoms with Gasteiger partial charge in [0.1, 0.15) is 5.75 Å². The van der Waals surface area contributed by atoms with E-state index in [0.717, 1.165) is 37.7 Å². The Morgan fingerprint density at radius 2 is 1.94 bits per heavy atom. The van der Waals surface area contributed by atoms with Gasteiger partial charge < -0.3 is 10.8 Å². The van der Waals surface area contributed by atoms with E-state index in [1.165, 1.54) is 0 Å². The van der Waals surface area contributed by atoms with E-state index in [0.29, 0.717) is 0 Å². The molecule has 0 saturated heterocycles. The molecule has 0 saturated carbocycles. The molecule has 1 atom stereocenters. The zero-order valence-corrected chi connectivity index (χ0v) is 10.4. The van der Waals surface area contributed by atoms with E-state index in [-0.39, 0.29) is 17.6 Å². The summed E-state index contributed by atoms with van der Waals surface area (Å²) in [6.45, 7) is 2.11.